The summed E-state index contributed by atoms with van der Waals surface area (Å²) in [5.41, 5.74) is 1.55. The summed E-state index contributed by atoms with van der Waals surface area (Å²) in [6.07, 6.45) is 1.30. The molecular weight excluding hydrogens is 570 g/mol. The highest BCUT2D eigenvalue weighted by Gasteiger charge is 2.44. The summed E-state index contributed by atoms with van der Waals surface area (Å²) in [6.45, 7) is 3.14. The number of ether oxygens (including phenoxy) is 2. The first-order valence-corrected chi connectivity index (χ1v) is 14.6. The van der Waals surface area contributed by atoms with Crippen LogP contribution in [-0.2, 0) is 4.79 Å². The third-order valence-corrected chi connectivity index (χ3v) is 8.21. The number of pyridine rings is 1. The predicted molar refractivity (Wildman–Crippen MR) is 153 cm³/mol. The molecule has 4 rings (SSSR count). The second-order valence-corrected chi connectivity index (χ2v) is 11.7. The van der Waals surface area contributed by atoms with E-state index in [9.17, 15) is 32.3 Å². The zero-order chi connectivity index (χ0) is 31.3. The van der Waals surface area contributed by atoms with Crippen LogP contribution in [0.5, 0.6) is 11.6 Å². The molecule has 1 aliphatic carbocycles. The molecule has 43 heavy (non-hydrogen) atoms. The number of hydrogen-bond acceptors (Lipinski definition) is 6. The number of amides is 1. The first kappa shape index (κ1) is 32.3. The Morgan fingerprint density at radius 3 is 2.40 bits per heavy atom. The Labute approximate surface area is 249 Å². The Kier molecular flexibility index (Phi) is 10.4. The van der Waals surface area contributed by atoms with Crippen molar-refractivity contribution in [3.8, 4) is 11.6 Å². The monoisotopic (exact) mass is 609 g/mol. The highest BCUT2D eigenvalue weighted by Crippen LogP contribution is 2.45. The number of aliphatic carboxylic acids is 1. The van der Waals surface area contributed by atoms with Crippen LogP contribution in [0.1, 0.15) is 67.8 Å². The van der Waals surface area contributed by atoms with Gasteiger partial charge >= 0.3 is 18.3 Å². The number of methoxy groups -OCH3 is 1. The van der Waals surface area contributed by atoms with Crippen LogP contribution < -0.4 is 14.4 Å². The molecule has 2 fully saturated rings. The predicted octanol–water partition coefficient (Wildman–Crippen LogP) is 6.10. The number of rotatable bonds is 14. The summed E-state index contributed by atoms with van der Waals surface area (Å²) >= 11 is 0. The molecule has 2 aromatic rings. The van der Waals surface area contributed by atoms with Crippen molar-refractivity contribution in [1.29, 1.82) is 0 Å². The number of carbonyl (C=O) groups is 2. The van der Waals surface area contributed by atoms with Gasteiger partial charge in [0.2, 0.25) is 5.88 Å². The normalized spacial score (nSPS) is 16.8. The van der Waals surface area contributed by atoms with Gasteiger partial charge in [0.25, 0.3) is 5.91 Å². The lowest BCUT2D eigenvalue weighted by molar-refractivity contribution is -0.140. The van der Waals surface area contributed by atoms with E-state index in [1.807, 2.05) is 17.0 Å². The Hall–Kier alpha value is -3.57. The Morgan fingerprint density at radius 2 is 1.81 bits per heavy atom. The van der Waals surface area contributed by atoms with Crippen molar-refractivity contribution in [2.45, 2.75) is 70.3 Å². The molecule has 2 aliphatic rings. The van der Waals surface area contributed by atoms with Crippen LogP contribution in [0.4, 0.5) is 23.2 Å². The fourth-order valence-corrected chi connectivity index (χ4v) is 5.54. The fourth-order valence-electron chi connectivity index (χ4n) is 5.54. The summed E-state index contributed by atoms with van der Waals surface area (Å²) in [5, 5.41) is 9.32. The molecule has 1 N–H and O–H groups in total. The summed E-state index contributed by atoms with van der Waals surface area (Å²) in [6, 6.07) is 7.64. The minimum absolute atomic E-state index is 0.0564. The third kappa shape index (κ3) is 8.29. The average molecular weight is 610 g/mol. The average Bonchev–Trinajstić information content (AvgIpc) is 3.82. The topological polar surface area (TPSA) is 92.2 Å². The number of carboxylic acids is 1. The number of piperidine rings is 1. The molecule has 1 aliphatic heterocycles. The van der Waals surface area contributed by atoms with Crippen molar-refractivity contribution in [3.05, 3.63) is 47.7 Å². The Morgan fingerprint density at radius 1 is 1.12 bits per heavy atom. The van der Waals surface area contributed by atoms with E-state index >= 15 is 0 Å². The number of benzene rings is 1. The summed E-state index contributed by atoms with van der Waals surface area (Å²) in [4.78, 5) is 31.9. The maximum absolute atomic E-state index is 14.0. The Balaban J connectivity index is 1.42. The van der Waals surface area contributed by atoms with Gasteiger partial charge < -0.3 is 24.4 Å². The second-order valence-electron chi connectivity index (χ2n) is 11.7. The van der Waals surface area contributed by atoms with E-state index in [0.29, 0.717) is 55.8 Å². The van der Waals surface area contributed by atoms with Gasteiger partial charge in [0.05, 0.1) is 37.9 Å². The molecule has 2 heterocycles. The summed E-state index contributed by atoms with van der Waals surface area (Å²) in [7, 11) is 1.48. The van der Waals surface area contributed by atoms with Crippen molar-refractivity contribution >= 4 is 17.6 Å². The Bertz CT molecular complexity index is 1270. The van der Waals surface area contributed by atoms with E-state index in [4.69, 9.17) is 9.47 Å². The van der Waals surface area contributed by atoms with Gasteiger partial charge in [0.15, 0.2) is 0 Å². The maximum Gasteiger partial charge on any atom is 0.324 e. The first-order valence-electron chi connectivity index (χ1n) is 14.6. The number of halogens is 4. The number of anilines is 1. The molecular formula is C31H39F4N3O5. The maximum atomic E-state index is 14.0. The smallest absolute Gasteiger partial charge is 0.324 e. The highest BCUT2D eigenvalue weighted by molar-refractivity contribution is 6.00. The molecule has 12 heteroatoms. The zero-order valence-electron chi connectivity index (χ0n) is 24.6. The summed E-state index contributed by atoms with van der Waals surface area (Å²) < 4.78 is 65.3. The molecule has 0 spiro atoms. The minimum atomic E-state index is -4.34. The van der Waals surface area contributed by atoms with Crippen molar-refractivity contribution in [2.75, 3.05) is 38.3 Å². The van der Waals surface area contributed by atoms with Gasteiger partial charge in [0, 0.05) is 37.5 Å². The van der Waals surface area contributed by atoms with Crippen LogP contribution in [0.15, 0.2) is 36.5 Å². The van der Waals surface area contributed by atoms with Gasteiger partial charge in [-0.2, -0.15) is 8.78 Å². The highest BCUT2D eigenvalue weighted by atomic mass is 19.3. The van der Waals surface area contributed by atoms with Crippen LogP contribution in [0.2, 0.25) is 0 Å². The molecule has 0 bridgehead atoms. The molecule has 1 saturated heterocycles. The van der Waals surface area contributed by atoms with Crippen LogP contribution in [0, 0.1) is 11.8 Å². The molecule has 1 aromatic carbocycles. The lowest BCUT2D eigenvalue weighted by Gasteiger charge is -2.36. The molecule has 1 unspecified atom stereocenters. The number of hydrogen-bond donors (Lipinski definition) is 1. The van der Waals surface area contributed by atoms with Gasteiger partial charge in [-0.05, 0) is 81.0 Å². The van der Waals surface area contributed by atoms with E-state index in [0.717, 1.165) is 23.3 Å². The largest absolute Gasteiger partial charge is 0.497 e. The van der Waals surface area contributed by atoms with Crippen molar-refractivity contribution in [2.24, 2.45) is 11.8 Å². The number of carbonyl (C=O) groups excluding carboxylic acids is 1. The second kappa shape index (κ2) is 13.8. The molecule has 1 saturated carbocycles. The number of nitrogens with zero attached hydrogens (tertiary/aromatic N) is 3. The minimum Gasteiger partial charge on any atom is -0.497 e. The number of aromatic nitrogens is 1. The summed E-state index contributed by atoms with van der Waals surface area (Å²) in [5.74, 6) is -4.49. The van der Waals surface area contributed by atoms with E-state index in [1.165, 1.54) is 27.0 Å². The van der Waals surface area contributed by atoms with Crippen LogP contribution in [0.3, 0.4) is 0 Å². The number of carboxylic acid groups (broad SMARTS) is 1. The van der Waals surface area contributed by atoms with Crippen molar-refractivity contribution in [3.63, 3.8) is 0 Å². The molecule has 1 atom stereocenters. The lowest BCUT2D eigenvalue weighted by Crippen LogP contribution is -2.48. The third-order valence-electron chi connectivity index (χ3n) is 8.21. The fraction of sp³-hybridized carbons (Fsp3) is 0.581. The van der Waals surface area contributed by atoms with Crippen molar-refractivity contribution in [1.82, 2.24) is 9.88 Å². The standard InChI is InChI=1S/C31H39F4N3O5/c1-19(2)38(18-31(34,35)30(32)33)29(41)24-7-6-23(42-3)15-26(24)37-12-9-20(10-13-37)17-43-27-14-22(8-11-36-27)25(16-28(39)40)21-4-5-21/h6-8,11,14-15,19-21,25,30H,4-5,9-10,12-13,16-18H2,1-3H3,(H,39,40). The van der Waals surface area contributed by atoms with Gasteiger partial charge in [0.1, 0.15) is 5.75 Å². The quantitative estimate of drug-likeness (QED) is 0.259. The van der Waals surface area contributed by atoms with Crippen molar-refractivity contribution < 1.29 is 41.7 Å². The number of alkyl halides is 4. The van der Waals surface area contributed by atoms with Crippen LogP contribution in [0.25, 0.3) is 0 Å². The van der Waals surface area contributed by atoms with Gasteiger partial charge in [-0.25, -0.2) is 13.8 Å². The van der Waals surface area contributed by atoms with Gasteiger partial charge in [-0.15, -0.1) is 0 Å². The molecule has 236 valence electrons. The molecule has 8 nitrogen and oxygen atoms in total. The molecule has 1 aromatic heterocycles. The lowest BCUT2D eigenvalue weighted by atomic mass is 9.92. The SMILES string of the molecule is COc1ccc(C(=O)N(CC(F)(F)C(F)F)C(C)C)c(N2CCC(COc3cc(C(CC(=O)O)C4CC4)ccn3)CC2)c1. The molecule has 1 amide bonds. The van der Waals surface area contributed by atoms with Crippen LogP contribution in [-0.4, -0.2) is 78.6 Å². The first-order chi connectivity index (χ1) is 20.4. The van der Waals surface area contributed by atoms with E-state index in [1.54, 1.807) is 18.3 Å². The van der Waals surface area contributed by atoms with E-state index in [2.05, 4.69) is 4.98 Å². The van der Waals surface area contributed by atoms with Gasteiger partial charge in [-0.3, -0.25) is 9.59 Å². The zero-order valence-corrected chi connectivity index (χ0v) is 24.6. The van der Waals surface area contributed by atoms with Gasteiger partial charge in [-0.1, -0.05) is 0 Å². The molecule has 0 radical (unpaired) electrons. The van der Waals surface area contributed by atoms with E-state index in [-0.39, 0.29) is 23.8 Å². The van der Waals surface area contributed by atoms with E-state index < -0.39 is 36.8 Å². The van der Waals surface area contributed by atoms with Crippen LogP contribution >= 0.6 is 0 Å².